The van der Waals surface area contributed by atoms with E-state index in [4.69, 9.17) is 14.5 Å². The van der Waals surface area contributed by atoms with Crippen LogP contribution in [0.15, 0.2) is 102 Å². The molecule has 248 valence electrons. The van der Waals surface area contributed by atoms with E-state index in [1.165, 1.54) is 18.3 Å². The van der Waals surface area contributed by atoms with E-state index in [0.29, 0.717) is 37.4 Å². The van der Waals surface area contributed by atoms with Gasteiger partial charge in [-0.3, -0.25) is 0 Å². The van der Waals surface area contributed by atoms with Crippen LogP contribution < -0.4 is 5.32 Å². The molecule has 1 fully saturated rings. The van der Waals surface area contributed by atoms with Crippen molar-refractivity contribution in [2.75, 3.05) is 11.9 Å². The summed E-state index contributed by atoms with van der Waals surface area (Å²) in [6.45, 7) is 4.32. The van der Waals surface area contributed by atoms with Gasteiger partial charge in [-0.25, -0.2) is 31.9 Å². The van der Waals surface area contributed by atoms with Gasteiger partial charge in [0.1, 0.15) is 24.9 Å². The van der Waals surface area contributed by atoms with Crippen molar-refractivity contribution in [3.63, 3.8) is 0 Å². The minimum atomic E-state index is -4.16. The van der Waals surface area contributed by atoms with Crippen molar-refractivity contribution in [3.8, 4) is 0 Å². The van der Waals surface area contributed by atoms with Crippen LogP contribution in [0.1, 0.15) is 54.0 Å². The van der Waals surface area contributed by atoms with Crippen molar-refractivity contribution in [1.82, 2.24) is 18.8 Å². The van der Waals surface area contributed by atoms with E-state index in [1.807, 2.05) is 74.5 Å². The molecule has 48 heavy (non-hydrogen) atoms. The number of likely N-dealkylation sites (tertiary alicyclic amines) is 1. The predicted molar refractivity (Wildman–Crippen MR) is 181 cm³/mol. The highest BCUT2D eigenvalue weighted by molar-refractivity contribution is 7.90. The highest BCUT2D eigenvalue weighted by Gasteiger charge is 2.33. The maximum absolute atomic E-state index is 14.0. The van der Waals surface area contributed by atoms with Crippen LogP contribution in [-0.2, 0) is 39.1 Å². The molecule has 0 unspecified atom stereocenters. The summed E-state index contributed by atoms with van der Waals surface area (Å²) in [6.07, 6.45) is 2.64. The fraction of sp³-hybridized carbons (Fsp3) is 0.278. The quantitative estimate of drug-likeness (QED) is 0.173. The highest BCUT2D eigenvalue weighted by atomic mass is 32.2. The topological polar surface area (TPSA) is 133 Å². The molecule has 1 aliphatic heterocycles. The van der Waals surface area contributed by atoms with Crippen LogP contribution in [0.4, 0.5) is 10.6 Å². The number of nitrogens with one attached hydrogen (secondary N) is 1. The average Bonchev–Trinajstić information content (AvgIpc) is 3.52. The maximum Gasteiger partial charge on any atom is 0.410 e. The Morgan fingerprint density at radius 2 is 1.46 bits per heavy atom. The molecule has 0 saturated carbocycles. The number of ether oxygens (including phenoxy) is 2. The van der Waals surface area contributed by atoms with Crippen LogP contribution in [0.2, 0.25) is 0 Å². The molecule has 11 nitrogen and oxygen atoms in total. The molecule has 1 aliphatic rings. The Morgan fingerprint density at radius 3 is 2.08 bits per heavy atom. The van der Waals surface area contributed by atoms with E-state index in [2.05, 4.69) is 10.3 Å². The van der Waals surface area contributed by atoms with Crippen LogP contribution in [-0.4, -0.2) is 57.9 Å². The van der Waals surface area contributed by atoms with Crippen molar-refractivity contribution in [2.45, 2.75) is 63.3 Å². The number of benzene rings is 3. The smallest absolute Gasteiger partial charge is 0.410 e. The summed E-state index contributed by atoms with van der Waals surface area (Å²) >= 11 is 0. The number of piperidine rings is 1. The van der Waals surface area contributed by atoms with E-state index < -0.39 is 22.1 Å². The van der Waals surface area contributed by atoms with Gasteiger partial charge in [-0.05, 0) is 43.0 Å². The second-order valence-corrected chi connectivity index (χ2v) is 13.5. The van der Waals surface area contributed by atoms with Crippen LogP contribution in [0, 0.1) is 0 Å². The van der Waals surface area contributed by atoms with Gasteiger partial charge in [0, 0.05) is 31.2 Å². The number of fused-ring (bicyclic) bond motifs is 1. The molecule has 6 rings (SSSR count). The van der Waals surface area contributed by atoms with Gasteiger partial charge in [-0.2, -0.15) is 0 Å². The number of nitrogens with zero attached hydrogens (tertiary/aromatic N) is 4. The molecule has 0 aliphatic carbocycles. The highest BCUT2D eigenvalue weighted by Crippen LogP contribution is 2.32. The van der Waals surface area contributed by atoms with Gasteiger partial charge in [-0.15, -0.1) is 0 Å². The van der Waals surface area contributed by atoms with Crippen molar-refractivity contribution in [2.24, 2.45) is 0 Å². The molecule has 2 atom stereocenters. The first-order chi connectivity index (χ1) is 23.2. The number of esters is 1. The average molecular weight is 668 g/mol. The predicted octanol–water partition coefficient (Wildman–Crippen LogP) is 6.19. The molecule has 1 saturated heterocycles. The summed E-state index contributed by atoms with van der Waals surface area (Å²) in [7, 11) is -4.16. The Balaban J connectivity index is 1.35. The summed E-state index contributed by atoms with van der Waals surface area (Å²) in [5, 5.41) is 3.66. The zero-order valence-electron chi connectivity index (χ0n) is 26.8. The number of carbonyl (C=O) groups excluding carboxylic acids is 2. The number of amides is 1. The van der Waals surface area contributed by atoms with Crippen LogP contribution in [0.5, 0.6) is 0 Å². The number of aromatic nitrogens is 3. The largest absolute Gasteiger partial charge is 0.457 e. The van der Waals surface area contributed by atoms with Crippen LogP contribution >= 0.6 is 0 Å². The molecule has 3 heterocycles. The van der Waals surface area contributed by atoms with Crippen molar-refractivity contribution < 1.29 is 27.5 Å². The Labute approximate surface area is 279 Å². The summed E-state index contributed by atoms with van der Waals surface area (Å²) in [5.74, 6) is -0.0343. The number of rotatable bonds is 10. The molecule has 0 spiro atoms. The second-order valence-electron chi connectivity index (χ2n) is 11.7. The zero-order valence-corrected chi connectivity index (χ0v) is 27.6. The lowest BCUT2D eigenvalue weighted by atomic mass is 9.99. The molecule has 2 aromatic heterocycles. The third-order valence-corrected chi connectivity index (χ3v) is 10.0. The molecule has 1 amide bonds. The normalized spacial score (nSPS) is 16.4. The van der Waals surface area contributed by atoms with Crippen LogP contribution in [0.25, 0.3) is 11.0 Å². The lowest BCUT2D eigenvalue weighted by molar-refractivity contribution is 0.0475. The molecule has 5 aromatic rings. The molecule has 12 heteroatoms. The van der Waals surface area contributed by atoms with E-state index >= 15 is 0 Å². The first kappa shape index (κ1) is 32.7. The minimum Gasteiger partial charge on any atom is -0.457 e. The van der Waals surface area contributed by atoms with Gasteiger partial charge in [0.15, 0.2) is 5.65 Å². The van der Waals surface area contributed by atoms with Gasteiger partial charge in [0.2, 0.25) is 0 Å². The molecular formula is C36H37N5O6S. The fourth-order valence-corrected chi connectivity index (χ4v) is 7.06. The number of aryl methyl sites for hydroxylation is 1. The molecule has 0 radical (unpaired) electrons. The summed E-state index contributed by atoms with van der Waals surface area (Å²) < 4.78 is 40.3. The van der Waals surface area contributed by atoms with Gasteiger partial charge < -0.3 is 19.7 Å². The van der Waals surface area contributed by atoms with Crippen molar-refractivity contribution in [3.05, 3.63) is 120 Å². The van der Waals surface area contributed by atoms with E-state index in [9.17, 15) is 18.0 Å². The zero-order chi connectivity index (χ0) is 33.7. The third kappa shape index (κ3) is 7.03. The lowest BCUT2D eigenvalue weighted by Gasteiger charge is -2.37. The second kappa shape index (κ2) is 14.3. The molecule has 3 aromatic carbocycles. The van der Waals surface area contributed by atoms with Gasteiger partial charge in [0.25, 0.3) is 10.0 Å². The summed E-state index contributed by atoms with van der Waals surface area (Å²) in [4.78, 5) is 38.0. The number of anilines is 1. The standard InChI is InChI=1S/C36H37N5O6S/c1-3-31-38-33(37-28-20-19-25(2)40(21-28)36(43)47-24-27-15-9-5-10-16-27)32-30(35(42)46-23-26-13-7-4-8-14-26)22-41(34(32)39-31)48(44,45)29-17-11-6-12-18-29/h4-18,22,25,28H,3,19-21,23-24H2,1-2H3,(H,37,38,39)/t25-,28+/m0/s1. The Bertz CT molecular complexity index is 2000. The fourth-order valence-electron chi connectivity index (χ4n) is 5.73. The molecule has 1 N–H and O–H groups in total. The number of carbonyl (C=O) groups is 2. The molecule has 0 bridgehead atoms. The van der Waals surface area contributed by atoms with E-state index in [1.54, 1.807) is 23.1 Å². The van der Waals surface area contributed by atoms with E-state index in [-0.39, 0.29) is 46.8 Å². The van der Waals surface area contributed by atoms with Gasteiger partial charge in [0.05, 0.1) is 15.8 Å². The minimum absolute atomic E-state index is 0.00495. The first-order valence-electron chi connectivity index (χ1n) is 15.9. The number of hydrogen-bond donors (Lipinski definition) is 1. The SMILES string of the molecule is CCc1nc(N[C@@H]2CC[C@H](C)N(C(=O)OCc3ccccc3)C2)c2c(C(=O)OCc3ccccc3)cn(S(=O)(=O)c3ccccc3)c2n1. The third-order valence-electron chi connectivity index (χ3n) is 8.37. The van der Waals surface area contributed by atoms with E-state index in [0.717, 1.165) is 15.1 Å². The van der Waals surface area contributed by atoms with Crippen molar-refractivity contribution >= 4 is 38.9 Å². The number of hydrogen-bond acceptors (Lipinski definition) is 9. The summed E-state index contributed by atoms with van der Waals surface area (Å²) in [5.41, 5.74) is 1.74. The summed E-state index contributed by atoms with van der Waals surface area (Å²) in [6, 6.07) is 26.4. The maximum atomic E-state index is 14.0. The Hall–Kier alpha value is -5.23. The van der Waals surface area contributed by atoms with Crippen LogP contribution in [0.3, 0.4) is 0 Å². The molecular weight excluding hydrogens is 630 g/mol. The monoisotopic (exact) mass is 667 g/mol. The Morgan fingerprint density at radius 1 is 0.854 bits per heavy atom. The Kier molecular flexibility index (Phi) is 9.72. The first-order valence-corrected chi connectivity index (χ1v) is 17.4. The van der Waals surface area contributed by atoms with Gasteiger partial charge >= 0.3 is 12.1 Å². The van der Waals surface area contributed by atoms with Gasteiger partial charge in [-0.1, -0.05) is 85.8 Å². The van der Waals surface area contributed by atoms with Crippen molar-refractivity contribution in [1.29, 1.82) is 0 Å². The lowest BCUT2D eigenvalue weighted by Crippen LogP contribution is -2.50.